The summed E-state index contributed by atoms with van der Waals surface area (Å²) in [5.41, 5.74) is 1.55. The highest BCUT2D eigenvalue weighted by atomic mass is 35.5. The third kappa shape index (κ3) is 6.27. The van der Waals surface area contributed by atoms with Crippen LogP contribution in [0.25, 0.3) is 10.2 Å². The monoisotopic (exact) mass is 534 g/mol. The molecule has 4 heterocycles. The van der Waals surface area contributed by atoms with Gasteiger partial charge < -0.3 is 20.1 Å². The van der Waals surface area contributed by atoms with Crippen LogP contribution in [0.2, 0.25) is 5.02 Å². The molecule has 1 aliphatic heterocycles. The summed E-state index contributed by atoms with van der Waals surface area (Å²) in [6.07, 6.45) is 3.22. The van der Waals surface area contributed by atoms with Gasteiger partial charge in [-0.25, -0.2) is 19.7 Å². The Morgan fingerprint density at radius 2 is 2.16 bits per heavy atom. The van der Waals surface area contributed by atoms with Crippen molar-refractivity contribution in [3.05, 3.63) is 64.9 Å². The van der Waals surface area contributed by atoms with Crippen LogP contribution in [0.5, 0.6) is 11.6 Å². The van der Waals surface area contributed by atoms with Crippen LogP contribution in [0.1, 0.15) is 18.2 Å². The van der Waals surface area contributed by atoms with E-state index < -0.39 is 6.09 Å². The molecule has 4 aromatic rings. The molecule has 1 aliphatic rings. The number of benzene rings is 1. The molecule has 3 aromatic heterocycles. The molecule has 1 saturated heterocycles. The van der Waals surface area contributed by atoms with Crippen LogP contribution in [0, 0.1) is 11.8 Å². The third-order valence-electron chi connectivity index (χ3n) is 5.41. The maximum atomic E-state index is 11.6. The Kier molecular flexibility index (Phi) is 7.65. The molecule has 0 aliphatic carbocycles. The Balaban J connectivity index is 1.27. The Morgan fingerprint density at radius 3 is 2.97 bits per heavy atom. The van der Waals surface area contributed by atoms with Crippen LogP contribution in [-0.4, -0.2) is 46.3 Å². The molecule has 0 spiro atoms. The molecular formula is C26H23ClN6O3S. The van der Waals surface area contributed by atoms with Crippen LogP contribution in [-0.2, 0) is 4.74 Å². The van der Waals surface area contributed by atoms with E-state index in [-0.39, 0.29) is 12.1 Å². The van der Waals surface area contributed by atoms with Crippen molar-refractivity contribution in [1.82, 2.24) is 25.6 Å². The fraction of sp³-hybridized carbons (Fsp3) is 0.231. The number of ether oxygens (including phenoxy) is 2. The van der Waals surface area contributed by atoms with E-state index in [1.165, 1.54) is 17.7 Å². The normalized spacial score (nSPS) is 16.6. The number of amides is 1. The van der Waals surface area contributed by atoms with Crippen LogP contribution in [0.15, 0.2) is 55.0 Å². The molecule has 1 amide bonds. The lowest BCUT2D eigenvalue weighted by atomic mass is 10.2. The van der Waals surface area contributed by atoms with E-state index in [9.17, 15) is 4.79 Å². The minimum atomic E-state index is -0.400. The van der Waals surface area contributed by atoms with Gasteiger partial charge in [0.05, 0.1) is 26.2 Å². The van der Waals surface area contributed by atoms with Crippen molar-refractivity contribution in [2.45, 2.75) is 25.5 Å². The zero-order valence-corrected chi connectivity index (χ0v) is 21.4. The predicted molar refractivity (Wildman–Crippen MR) is 144 cm³/mol. The molecule has 2 atom stereocenters. The van der Waals surface area contributed by atoms with Gasteiger partial charge in [-0.15, -0.1) is 11.3 Å². The number of carbonyl (C=O) groups excluding carboxylic acids is 1. The largest absolute Gasteiger partial charge is 0.445 e. The first-order valence-electron chi connectivity index (χ1n) is 11.7. The highest BCUT2D eigenvalue weighted by Gasteiger charge is 2.25. The van der Waals surface area contributed by atoms with Crippen LogP contribution < -0.4 is 20.7 Å². The van der Waals surface area contributed by atoms with E-state index in [0.717, 1.165) is 20.8 Å². The van der Waals surface area contributed by atoms with Crippen LogP contribution >= 0.6 is 22.9 Å². The van der Waals surface area contributed by atoms with Gasteiger partial charge in [0.1, 0.15) is 18.2 Å². The lowest BCUT2D eigenvalue weighted by Gasteiger charge is -2.10. The number of hydrogen-bond acceptors (Lipinski definition) is 9. The zero-order chi connectivity index (χ0) is 25.6. The van der Waals surface area contributed by atoms with Crippen molar-refractivity contribution in [3.8, 4) is 23.5 Å². The standard InChI is InChI=1S/C26H23ClN6O3S/c1-2-28-26(34)35-18-11-16(30-14-18)6-8-19-13-21-24(37-19)25(32-15-31-21)33-17-7-9-22(20(27)12-17)36-23-5-3-4-10-29-23/h3-5,7,9-10,12-13,15-16,18,30H,2,11,14H2,1H3,(H,28,34)(H,31,32,33)/t16-,18-/m1/s1. The Hall–Kier alpha value is -3.91. The van der Waals surface area contributed by atoms with Gasteiger partial charge in [0.25, 0.3) is 0 Å². The number of alkyl carbamates (subject to hydrolysis) is 1. The highest BCUT2D eigenvalue weighted by Crippen LogP contribution is 2.34. The summed E-state index contributed by atoms with van der Waals surface area (Å²) in [6.45, 7) is 2.97. The minimum absolute atomic E-state index is 0.0534. The summed E-state index contributed by atoms with van der Waals surface area (Å²) in [5, 5.41) is 9.68. The first-order chi connectivity index (χ1) is 18.1. The third-order valence-corrected chi connectivity index (χ3v) is 6.75. The molecule has 5 rings (SSSR count). The van der Waals surface area contributed by atoms with Crippen molar-refractivity contribution in [1.29, 1.82) is 0 Å². The first kappa shape index (κ1) is 24.8. The lowest BCUT2D eigenvalue weighted by Crippen LogP contribution is -2.29. The van der Waals surface area contributed by atoms with Gasteiger partial charge in [0, 0.05) is 37.5 Å². The number of anilines is 2. The fourth-order valence-corrected chi connectivity index (χ4v) is 4.86. The van der Waals surface area contributed by atoms with E-state index in [1.54, 1.807) is 24.4 Å². The van der Waals surface area contributed by atoms with Crippen molar-refractivity contribution in [2.75, 3.05) is 18.4 Å². The van der Waals surface area contributed by atoms with E-state index in [4.69, 9.17) is 21.1 Å². The molecule has 1 aromatic carbocycles. The maximum Gasteiger partial charge on any atom is 0.407 e. The van der Waals surface area contributed by atoms with Gasteiger partial charge in [-0.05, 0) is 37.3 Å². The quantitative estimate of drug-likeness (QED) is 0.293. The van der Waals surface area contributed by atoms with Gasteiger partial charge in [-0.1, -0.05) is 29.5 Å². The SMILES string of the molecule is CCNC(=O)O[C@H]1CN[C@H](C#Cc2cc3ncnc(Nc4ccc(Oc5ccccn5)c(Cl)c4)c3s2)C1. The first-order valence-corrected chi connectivity index (χ1v) is 12.9. The van der Waals surface area contributed by atoms with Gasteiger partial charge in [-0.2, -0.15) is 0 Å². The number of aromatic nitrogens is 3. The fourth-order valence-electron chi connectivity index (χ4n) is 3.72. The van der Waals surface area contributed by atoms with Gasteiger partial charge in [0.2, 0.25) is 5.88 Å². The van der Waals surface area contributed by atoms with Crippen molar-refractivity contribution < 1.29 is 14.3 Å². The minimum Gasteiger partial charge on any atom is -0.445 e. The summed E-state index contributed by atoms with van der Waals surface area (Å²) in [4.78, 5) is 25.4. The van der Waals surface area contributed by atoms with Crippen molar-refractivity contribution in [2.24, 2.45) is 0 Å². The average molecular weight is 535 g/mol. The topological polar surface area (TPSA) is 110 Å². The maximum absolute atomic E-state index is 11.6. The molecule has 3 N–H and O–H groups in total. The number of carbonyl (C=O) groups is 1. The molecular weight excluding hydrogens is 512 g/mol. The van der Waals surface area contributed by atoms with E-state index in [0.29, 0.717) is 42.0 Å². The second kappa shape index (κ2) is 11.4. The number of fused-ring (bicyclic) bond motifs is 1. The number of pyridine rings is 1. The summed E-state index contributed by atoms with van der Waals surface area (Å²) in [7, 11) is 0. The summed E-state index contributed by atoms with van der Waals surface area (Å²) in [5.74, 6) is 8.08. The molecule has 11 heteroatoms. The molecule has 188 valence electrons. The highest BCUT2D eigenvalue weighted by molar-refractivity contribution is 7.20. The second-order valence-corrected chi connectivity index (χ2v) is 9.57. The zero-order valence-electron chi connectivity index (χ0n) is 19.8. The Labute approximate surface area is 222 Å². The number of halogens is 1. The molecule has 0 unspecified atom stereocenters. The number of hydrogen-bond donors (Lipinski definition) is 3. The van der Waals surface area contributed by atoms with Crippen molar-refractivity contribution in [3.63, 3.8) is 0 Å². The van der Waals surface area contributed by atoms with Crippen LogP contribution in [0.4, 0.5) is 16.3 Å². The smallest absolute Gasteiger partial charge is 0.407 e. The van der Waals surface area contributed by atoms with Crippen molar-refractivity contribution >= 4 is 50.8 Å². The summed E-state index contributed by atoms with van der Waals surface area (Å²) < 4.78 is 12.0. The molecule has 0 saturated carbocycles. The Bertz CT molecular complexity index is 1470. The predicted octanol–water partition coefficient (Wildman–Crippen LogP) is 5.10. The number of rotatable bonds is 6. The Morgan fingerprint density at radius 1 is 1.24 bits per heavy atom. The molecule has 0 bridgehead atoms. The summed E-state index contributed by atoms with van der Waals surface area (Å²) in [6, 6.07) is 12.7. The average Bonchev–Trinajstić information content (AvgIpc) is 3.52. The molecule has 0 radical (unpaired) electrons. The summed E-state index contributed by atoms with van der Waals surface area (Å²) >= 11 is 7.95. The van der Waals surface area contributed by atoms with Gasteiger partial charge >= 0.3 is 6.09 Å². The second-order valence-electron chi connectivity index (χ2n) is 8.11. The van der Waals surface area contributed by atoms with Gasteiger partial charge in [0.15, 0.2) is 5.82 Å². The molecule has 1 fully saturated rings. The van der Waals surface area contributed by atoms with E-state index >= 15 is 0 Å². The molecule has 37 heavy (non-hydrogen) atoms. The molecule has 9 nitrogen and oxygen atoms in total. The number of nitrogens with one attached hydrogen (secondary N) is 3. The van der Waals surface area contributed by atoms with E-state index in [2.05, 4.69) is 42.7 Å². The number of nitrogens with zero attached hydrogens (tertiary/aromatic N) is 3. The van der Waals surface area contributed by atoms with E-state index in [1.807, 2.05) is 31.2 Å². The van der Waals surface area contributed by atoms with Crippen LogP contribution in [0.3, 0.4) is 0 Å². The van der Waals surface area contributed by atoms with Gasteiger partial charge in [-0.3, -0.25) is 5.32 Å². The number of thiophene rings is 1. The lowest BCUT2D eigenvalue weighted by molar-refractivity contribution is 0.107.